The second kappa shape index (κ2) is 8.75. The molecule has 1 saturated heterocycles. The normalized spacial score (nSPS) is 14.5. The summed E-state index contributed by atoms with van der Waals surface area (Å²) < 4.78 is 28.2. The van der Waals surface area contributed by atoms with Crippen LogP contribution in [0.15, 0.2) is 43.2 Å². The summed E-state index contributed by atoms with van der Waals surface area (Å²) in [6.07, 6.45) is 4.03. The maximum atomic E-state index is 14.1. The number of rotatable bonds is 4. The largest absolute Gasteiger partial charge is 0.370 e. The van der Waals surface area contributed by atoms with Gasteiger partial charge in [0, 0.05) is 67.2 Å². The van der Waals surface area contributed by atoms with Gasteiger partial charge in [0.05, 0.1) is 0 Å². The minimum absolute atomic E-state index is 0.334. The minimum Gasteiger partial charge on any atom is -0.370 e. The molecule has 6 nitrogen and oxygen atoms in total. The Kier molecular flexibility index (Phi) is 5.88. The number of halogens is 2. The Morgan fingerprint density at radius 2 is 1.68 bits per heavy atom. The first kappa shape index (κ1) is 20.8. The van der Waals surface area contributed by atoms with Crippen LogP contribution < -0.4 is 4.90 Å². The highest BCUT2D eigenvalue weighted by Gasteiger charge is 2.22. The Morgan fingerprint density at radius 3 is 2.42 bits per heavy atom. The zero-order valence-electron chi connectivity index (χ0n) is 17.6. The van der Waals surface area contributed by atoms with E-state index in [1.165, 1.54) is 6.07 Å². The van der Waals surface area contributed by atoms with Crippen molar-refractivity contribution in [3.63, 3.8) is 0 Å². The van der Waals surface area contributed by atoms with Crippen LogP contribution in [0.25, 0.3) is 17.1 Å². The van der Waals surface area contributed by atoms with E-state index in [0.29, 0.717) is 29.2 Å². The van der Waals surface area contributed by atoms with Gasteiger partial charge in [-0.25, -0.2) is 28.7 Å². The van der Waals surface area contributed by atoms with Crippen molar-refractivity contribution in [2.24, 2.45) is 0 Å². The standard InChI is InChI=1S/C23H24F2N6/c1-15-12-22(29-17(3)28-15)31-9-5-8-30(10-11-31)16(2)18-13-20(24)21(25)14-19(18)23-26-6-4-7-27-23/h4,6-7,12-14H,2,5,8-11H2,1,3H3. The molecule has 3 heterocycles. The van der Waals surface area contributed by atoms with E-state index < -0.39 is 11.6 Å². The van der Waals surface area contributed by atoms with Crippen LogP contribution in [0.5, 0.6) is 0 Å². The van der Waals surface area contributed by atoms with Crippen LogP contribution in [-0.4, -0.2) is 51.0 Å². The highest BCUT2D eigenvalue weighted by atomic mass is 19.2. The number of anilines is 1. The lowest BCUT2D eigenvalue weighted by atomic mass is 10.0. The van der Waals surface area contributed by atoms with Gasteiger partial charge in [0.25, 0.3) is 0 Å². The first-order valence-electron chi connectivity index (χ1n) is 10.2. The van der Waals surface area contributed by atoms with Gasteiger partial charge in [0.2, 0.25) is 0 Å². The third-order valence-corrected chi connectivity index (χ3v) is 5.33. The predicted molar refractivity (Wildman–Crippen MR) is 116 cm³/mol. The van der Waals surface area contributed by atoms with Crippen LogP contribution in [0.1, 0.15) is 23.5 Å². The van der Waals surface area contributed by atoms with Crippen molar-refractivity contribution in [2.45, 2.75) is 20.3 Å². The summed E-state index contributed by atoms with van der Waals surface area (Å²) in [4.78, 5) is 21.7. The van der Waals surface area contributed by atoms with Gasteiger partial charge in [0.15, 0.2) is 17.5 Å². The molecular weight excluding hydrogens is 398 g/mol. The number of hydrogen-bond donors (Lipinski definition) is 0. The number of aromatic nitrogens is 4. The van der Waals surface area contributed by atoms with Gasteiger partial charge in [-0.1, -0.05) is 6.58 Å². The summed E-state index contributed by atoms with van der Waals surface area (Å²) in [5.41, 5.74) is 2.47. The average Bonchev–Trinajstić information content (AvgIpc) is 3.01. The van der Waals surface area contributed by atoms with E-state index in [4.69, 9.17) is 0 Å². The van der Waals surface area contributed by atoms with Gasteiger partial charge >= 0.3 is 0 Å². The van der Waals surface area contributed by atoms with Crippen molar-refractivity contribution < 1.29 is 8.78 Å². The molecule has 31 heavy (non-hydrogen) atoms. The van der Waals surface area contributed by atoms with E-state index in [-0.39, 0.29) is 0 Å². The van der Waals surface area contributed by atoms with E-state index in [1.54, 1.807) is 18.5 Å². The van der Waals surface area contributed by atoms with Gasteiger partial charge in [-0.05, 0) is 38.5 Å². The SMILES string of the molecule is C=C(c1cc(F)c(F)cc1-c1ncccn1)N1CCCN(c2cc(C)nc(C)n2)CC1. The first-order chi connectivity index (χ1) is 14.9. The molecular formula is C23H24F2N6. The van der Waals surface area contributed by atoms with Crippen molar-refractivity contribution in [1.29, 1.82) is 0 Å². The molecule has 0 spiro atoms. The monoisotopic (exact) mass is 422 g/mol. The fraction of sp³-hybridized carbons (Fsp3) is 0.304. The summed E-state index contributed by atoms with van der Waals surface area (Å²) in [7, 11) is 0. The molecule has 1 fully saturated rings. The Balaban J connectivity index is 1.60. The second-order valence-electron chi connectivity index (χ2n) is 7.57. The molecule has 0 radical (unpaired) electrons. The molecule has 0 saturated carbocycles. The van der Waals surface area contributed by atoms with E-state index in [1.807, 2.05) is 19.9 Å². The number of hydrogen-bond acceptors (Lipinski definition) is 6. The average molecular weight is 422 g/mol. The van der Waals surface area contributed by atoms with Crippen LogP contribution in [0.2, 0.25) is 0 Å². The Morgan fingerprint density at radius 1 is 0.935 bits per heavy atom. The number of nitrogens with zero attached hydrogens (tertiary/aromatic N) is 6. The van der Waals surface area contributed by atoms with Gasteiger partial charge in [-0.2, -0.15) is 0 Å². The maximum absolute atomic E-state index is 14.1. The van der Waals surface area contributed by atoms with Gasteiger partial charge < -0.3 is 9.80 Å². The molecule has 0 N–H and O–H groups in total. The van der Waals surface area contributed by atoms with E-state index in [9.17, 15) is 8.78 Å². The highest BCUT2D eigenvalue weighted by Crippen LogP contribution is 2.31. The zero-order chi connectivity index (χ0) is 22.0. The Hall–Kier alpha value is -3.42. The minimum atomic E-state index is -0.935. The van der Waals surface area contributed by atoms with Gasteiger partial charge in [0.1, 0.15) is 11.6 Å². The molecule has 1 aromatic carbocycles. The van der Waals surface area contributed by atoms with Crippen LogP contribution in [0, 0.1) is 25.5 Å². The van der Waals surface area contributed by atoms with Crippen molar-refractivity contribution in [2.75, 3.05) is 31.1 Å². The summed E-state index contributed by atoms with van der Waals surface area (Å²) in [6.45, 7) is 11.0. The van der Waals surface area contributed by atoms with Crippen molar-refractivity contribution in [3.8, 4) is 11.4 Å². The number of benzene rings is 1. The fourth-order valence-corrected chi connectivity index (χ4v) is 3.85. The summed E-state index contributed by atoms with van der Waals surface area (Å²) in [5, 5.41) is 0. The lowest BCUT2D eigenvalue weighted by Gasteiger charge is -2.27. The summed E-state index contributed by atoms with van der Waals surface area (Å²) in [5.74, 6) is 0.133. The molecule has 0 aliphatic carbocycles. The molecule has 4 rings (SSSR count). The highest BCUT2D eigenvalue weighted by molar-refractivity contribution is 5.77. The van der Waals surface area contributed by atoms with E-state index >= 15 is 0 Å². The first-order valence-corrected chi connectivity index (χ1v) is 10.2. The molecule has 160 valence electrons. The van der Waals surface area contributed by atoms with Crippen LogP contribution >= 0.6 is 0 Å². The summed E-state index contributed by atoms with van der Waals surface area (Å²) in [6, 6.07) is 5.99. The number of aryl methyl sites for hydroxylation is 2. The van der Waals surface area contributed by atoms with E-state index in [0.717, 1.165) is 49.5 Å². The molecule has 2 aromatic heterocycles. The lowest BCUT2D eigenvalue weighted by molar-refractivity contribution is 0.425. The topological polar surface area (TPSA) is 58.0 Å². The van der Waals surface area contributed by atoms with Crippen LogP contribution in [0.3, 0.4) is 0 Å². The molecule has 0 unspecified atom stereocenters. The quantitative estimate of drug-likeness (QED) is 0.633. The lowest BCUT2D eigenvalue weighted by Crippen LogP contribution is -2.30. The zero-order valence-corrected chi connectivity index (χ0v) is 17.6. The smallest absolute Gasteiger partial charge is 0.159 e. The maximum Gasteiger partial charge on any atom is 0.159 e. The predicted octanol–water partition coefficient (Wildman–Crippen LogP) is 4.01. The molecule has 3 aromatic rings. The molecule has 8 heteroatoms. The molecule has 1 aliphatic heterocycles. The summed E-state index contributed by atoms with van der Waals surface area (Å²) >= 11 is 0. The molecule has 0 atom stereocenters. The molecule has 0 amide bonds. The molecule has 0 bridgehead atoms. The molecule has 1 aliphatic rings. The fourth-order valence-electron chi connectivity index (χ4n) is 3.85. The Bertz CT molecular complexity index is 1080. The third-order valence-electron chi connectivity index (χ3n) is 5.33. The third kappa shape index (κ3) is 4.52. The van der Waals surface area contributed by atoms with Crippen molar-refractivity contribution >= 4 is 11.5 Å². The van der Waals surface area contributed by atoms with Crippen molar-refractivity contribution in [3.05, 3.63) is 72.0 Å². The van der Waals surface area contributed by atoms with Crippen molar-refractivity contribution in [1.82, 2.24) is 24.8 Å². The van der Waals surface area contributed by atoms with E-state index in [2.05, 4.69) is 36.3 Å². The van der Waals surface area contributed by atoms with Gasteiger partial charge in [-0.15, -0.1) is 0 Å². The van der Waals surface area contributed by atoms with Crippen LogP contribution in [-0.2, 0) is 0 Å². The van der Waals surface area contributed by atoms with Gasteiger partial charge in [-0.3, -0.25) is 0 Å². The van der Waals surface area contributed by atoms with Crippen LogP contribution in [0.4, 0.5) is 14.6 Å². The Labute approximate surface area is 180 Å². The second-order valence-corrected chi connectivity index (χ2v) is 7.57.